The van der Waals surface area contributed by atoms with Crippen molar-refractivity contribution < 1.29 is 14.1 Å². The minimum atomic E-state index is -0.159. The van der Waals surface area contributed by atoms with Gasteiger partial charge in [0.1, 0.15) is 5.75 Å². The van der Waals surface area contributed by atoms with Crippen LogP contribution in [0.25, 0.3) is 11.5 Å². The lowest BCUT2D eigenvalue weighted by Gasteiger charge is -1.99. The van der Waals surface area contributed by atoms with E-state index in [4.69, 9.17) is 9.26 Å². The van der Waals surface area contributed by atoms with Crippen LogP contribution in [0.4, 0.5) is 0 Å². The molecule has 1 heterocycles. The van der Waals surface area contributed by atoms with Crippen LogP contribution in [0.2, 0.25) is 0 Å². The predicted octanol–water partition coefficient (Wildman–Crippen LogP) is 1.03. The van der Waals surface area contributed by atoms with E-state index in [9.17, 15) is 4.79 Å². The number of hydrogen-bond acceptors (Lipinski definition) is 5. The van der Waals surface area contributed by atoms with Gasteiger partial charge in [-0.15, -0.1) is 0 Å². The Hall–Kier alpha value is -2.37. The summed E-state index contributed by atoms with van der Waals surface area (Å²) < 4.78 is 10.2. The van der Waals surface area contributed by atoms with Crippen LogP contribution in [-0.4, -0.2) is 30.2 Å². The van der Waals surface area contributed by atoms with Crippen LogP contribution in [0, 0.1) is 0 Å². The van der Waals surface area contributed by atoms with Gasteiger partial charge in [-0.05, 0) is 18.2 Å². The van der Waals surface area contributed by atoms with Gasteiger partial charge in [-0.1, -0.05) is 11.2 Å². The summed E-state index contributed by atoms with van der Waals surface area (Å²) in [6, 6.07) is 7.28. The minimum Gasteiger partial charge on any atom is -0.497 e. The van der Waals surface area contributed by atoms with Crippen molar-refractivity contribution in [3.05, 3.63) is 30.1 Å². The number of rotatable bonds is 4. The van der Waals surface area contributed by atoms with E-state index in [-0.39, 0.29) is 12.3 Å². The number of methoxy groups -OCH3 is 1. The van der Waals surface area contributed by atoms with Crippen molar-refractivity contribution >= 4 is 5.91 Å². The van der Waals surface area contributed by atoms with Crippen molar-refractivity contribution in [1.29, 1.82) is 0 Å². The highest BCUT2D eigenvalue weighted by atomic mass is 16.5. The fourth-order valence-electron chi connectivity index (χ4n) is 1.43. The second-order valence-corrected chi connectivity index (χ2v) is 3.60. The van der Waals surface area contributed by atoms with E-state index in [1.54, 1.807) is 20.2 Å². The van der Waals surface area contributed by atoms with E-state index in [0.29, 0.717) is 17.5 Å². The Morgan fingerprint density at radius 3 is 3.06 bits per heavy atom. The third-order valence-corrected chi connectivity index (χ3v) is 2.38. The standard InChI is InChI=1S/C12H13N3O3/c1-13-11(16)7-10-14-12(18-15-10)8-4-3-5-9(6-8)17-2/h3-6H,7H2,1-2H3,(H,13,16). The number of nitrogens with one attached hydrogen (secondary N) is 1. The van der Waals surface area contributed by atoms with Gasteiger partial charge in [0, 0.05) is 12.6 Å². The van der Waals surface area contributed by atoms with Crippen LogP contribution in [0.15, 0.2) is 28.8 Å². The average molecular weight is 247 g/mol. The molecular formula is C12H13N3O3. The first kappa shape index (κ1) is 12.1. The maximum atomic E-state index is 11.2. The Kier molecular flexibility index (Phi) is 3.57. The van der Waals surface area contributed by atoms with E-state index in [0.717, 1.165) is 5.56 Å². The first-order valence-corrected chi connectivity index (χ1v) is 5.40. The number of nitrogens with zero attached hydrogens (tertiary/aromatic N) is 2. The number of aromatic nitrogens is 2. The summed E-state index contributed by atoms with van der Waals surface area (Å²) in [7, 11) is 3.15. The molecule has 0 spiro atoms. The molecule has 94 valence electrons. The number of carbonyl (C=O) groups is 1. The van der Waals surface area contributed by atoms with Crippen LogP contribution in [-0.2, 0) is 11.2 Å². The Morgan fingerprint density at radius 1 is 1.50 bits per heavy atom. The van der Waals surface area contributed by atoms with Crippen LogP contribution in [0.5, 0.6) is 5.75 Å². The van der Waals surface area contributed by atoms with Crippen molar-refractivity contribution in [3.8, 4) is 17.2 Å². The molecule has 1 aromatic carbocycles. The Bertz CT molecular complexity index is 551. The largest absolute Gasteiger partial charge is 0.497 e. The lowest BCUT2D eigenvalue weighted by molar-refractivity contribution is -0.120. The molecule has 1 N–H and O–H groups in total. The second kappa shape index (κ2) is 5.31. The Balaban J connectivity index is 2.20. The molecule has 0 saturated heterocycles. The lowest BCUT2D eigenvalue weighted by Crippen LogP contribution is -2.20. The van der Waals surface area contributed by atoms with Crippen LogP contribution >= 0.6 is 0 Å². The Labute approximate surface area is 104 Å². The van der Waals surface area contributed by atoms with Crippen molar-refractivity contribution in [2.75, 3.05) is 14.2 Å². The van der Waals surface area contributed by atoms with Gasteiger partial charge < -0.3 is 14.6 Å². The van der Waals surface area contributed by atoms with E-state index in [1.165, 1.54) is 0 Å². The van der Waals surface area contributed by atoms with Crippen LogP contribution < -0.4 is 10.1 Å². The van der Waals surface area contributed by atoms with Gasteiger partial charge in [-0.3, -0.25) is 4.79 Å². The van der Waals surface area contributed by atoms with Gasteiger partial charge in [-0.2, -0.15) is 4.98 Å². The summed E-state index contributed by atoms with van der Waals surface area (Å²) in [5.41, 5.74) is 0.755. The molecular weight excluding hydrogens is 234 g/mol. The molecule has 0 fully saturated rings. The van der Waals surface area contributed by atoms with E-state index in [2.05, 4.69) is 15.5 Å². The number of ether oxygens (including phenoxy) is 1. The van der Waals surface area contributed by atoms with E-state index >= 15 is 0 Å². The predicted molar refractivity (Wildman–Crippen MR) is 64.1 cm³/mol. The normalized spacial score (nSPS) is 10.1. The van der Waals surface area contributed by atoms with Gasteiger partial charge in [0.2, 0.25) is 5.91 Å². The van der Waals surface area contributed by atoms with E-state index < -0.39 is 0 Å². The molecule has 2 rings (SSSR count). The quantitative estimate of drug-likeness (QED) is 0.873. The van der Waals surface area contributed by atoms with Gasteiger partial charge in [-0.25, -0.2) is 0 Å². The SMILES string of the molecule is CNC(=O)Cc1noc(-c2cccc(OC)c2)n1. The number of benzene rings is 1. The molecule has 0 saturated carbocycles. The molecule has 1 amide bonds. The molecule has 0 aliphatic heterocycles. The van der Waals surface area contributed by atoms with Crippen molar-refractivity contribution in [2.24, 2.45) is 0 Å². The second-order valence-electron chi connectivity index (χ2n) is 3.60. The zero-order chi connectivity index (χ0) is 13.0. The molecule has 0 bridgehead atoms. The minimum absolute atomic E-state index is 0.101. The van der Waals surface area contributed by atoms with Gasteiger partial charge in [0.25, 0.3) is 5.89 Å². The fraction of sp³-hybridized carbons (Fsp3) is 0.250. The molecule has 0 aliphatic rings. The molecule has 6 nitrogen and oxygen atoms in total. The summed E-state index contributed by atoms with van der Waals surface area (Å²) in [5.74, 6) is 1.27. The number of amides is 1. The number of likely N-dealkylation sites (N-methyl/N-ethyl adjacent to an activating group) is 1. The third kappa shape index (κ3) is 2.65. The zero-order valence-electron chi connectivity index (χ0n) is 10.1. The monoisotopic (exact) mass is 247 g/mol. The van der Waals surface area contributed by atoms with Crippen molar-refractivity contribution in [1.82, 2.24) is 15.5 Å². The van der Waals surface area contributed by atoms with Crippen LogP contribution in [0.1, 0.15) is 5.82 Å². The molecule has 2 aromatic rings. The molecule has 0 radical (unpaired) electrons. The molecule has 0 atom stereocenters. The van der Waals surface area contributed by atoms with Gasteiger partial charge in [0.05, 0.1) is 13.5 Å². The van der Waals surface area contributed by atoms with Gasteiger partial charge in [0.15, 0.2) is 5.82 Å². The Morgan fingerprint density at radius 2 is 2.33 bits per heavy atom. The summed E-state index contributed by atoms with van der Waals surface area (Å²) in [6.45, 7) is 0. The zero-order valence-corrected chi connectivity index (χ0v) is 10.1. The lowest BCUT2D eigenvalue weighted by atomic mass is 10.2. The summed E-state index contributed by atoms with van der Waals surface area (Å²) >= 11 is 0. The summed E-state index contributed by atoms with van der Waals surface area (Å²) in [5, 5.41) is 6.25. The van der Waals surface area contributed by atoms with Crippen molar-refractivity contribution in [2.45, 2.75) is 6.42 Å². The van der Waals surface area contributed by atoms with Crippen molar-refractivity contribution in [3.63, 3.8) is 0 Å². The molecule has 18 heavy (non-hydrogen) atoms. The van der Waals surface area contributed by atoms with E-state index in [1.807, 2.05) is 18.2 Å². The fourth-order valence-corrected chi connectivity index (χ4v) is 1.43. The highest BCUT2D eigenvalue weighted by molar-refractivity contribution is 5.77. The van der Waals surface area contributed by atoms with Gasteiger partial charge >= 0.3 is 0 Å². The topological polar surface area (TPSA) is 77.2 Å². The van der Waals surface area contributed by atoms with Crippen LogP contribution in [0.3, 0.4) is 0 Å². The summed E-state index contributed by atoms with van der Waals surface area (Å²) in [4.78, 5) is 15.3. The smallest absolute Gasteiger partial charge is 0.258 e. The summed E-state index contributed by atoms with van der Waals surface area (Å²) in [6.07, 6.45) is 0.101. The maximum Gasteiger partial charge on any atom is 0.258 e. The highest BCUT2D eigenvalue weighted by Gasteiger charge is 2.11. The molecule has 6 heteroatoms. The third-order valence-electron chi connectivity index (χ3n) is 2.38. The number of carbonyl (C=O) groups excluding carboxylic acids is 1. The average Bonchev–Trinajstić information content (AvgIpc) is 2.87. The number of hydrogen-bond donors (Lipinski definition) is 1. The maximum absolute atomic E-state index is 11.2. The first-order chi connectivity index (χ1) is 8.72. The highest BCUT2D eigenvalue weighted by Crippen LogP contribution is 2.22. The molecule has 1 aromatic heterocycles. The molecule has 0 unspecified atom stereocenters. The molecule has 0 aliphatic carbocycles. The first-order valence-electron chi connectivity index (χ1n) is 5.40.